The molecule has 26 heavy (non-hydrogen) atoms. The molecule has 0 aliphatic heterocycles. The number of aromatic amines is 1. The Hall–Kier alpha value is -2.65. The topological polar surface area (TPSA) is 119 Å². The number of rotatable bonds is 8. The van der Waals surface area contributed by atoms with Crippen molar-refractivity contribution >= 4 is 12.1 Å². The molecule has 0 saturated carbocycles. The van der Waals surface area contributed by atoms with Crippen LogP contribution < -0.4 is 16.6 Å². The summed E-state index contributed by atoms with van der Waals surface area (Å²) in [7, 11) is 0. The quantitative estimate of drug-likeness (QED) is 0.523. The van der Waals surface area contributed by atoms with E-state index < -0.39 is 41.5 Å². The van der Waals surface area contributed by atoms with Crippen LogP contribution in [0.2, 0.25) is 0 Å². The number of hydrogen-bond acceptors (Lipinski definition) is 6. The fourth-order valence-corrected chi connectivity index (χ4v) is 1.87. The molecule has 1 aromatic rings. The third-order valence-corrected chi connectivity index (χ3v) is 3.06. The van der Waals surface area contributed by atoms with Crippen LogP contribution >= 0.6 is 0 Å². The number of aromatic nitrogens is 2. The van der Waals surface area contributed by atoms with Crippen molar-refractivity contribution in [3.05, 3.63) is 32.9 Å². The molecule has 0 saturated heterocycles. The van der Waals surface area contributed by atoms with Crippen molar-refractivity contribution in [2.45, 2.75) is 58.8 Å². The number of halogens is 1. The van der Waals surface area contributed by atoms with E-state index >= 15 is 0 Å². The van der Waals surface area contributed by atoms with Gasteiger partial charge >= 0.3 is 17.8 Å². The summed E-state index contributed by atoms with van der Waals surface area (Å²) in [4.78, 5) is 47.0. The number of H-pyrrole nitrogens is 1. The highest BCUT2D eigenvalue weighted by atomic mass is 19.1. The van der Waals surface area contributed by atoms with E-state index in [2.05, 4.69) is 5.32 Å². The molecular formula is C16H24FN3O6. The van der Waals surface area contributed by atoms with Gasteiger partial charge in [-0.15, -0.1) is 0 Å². The second-order valence-electron chi connectivity index (χ2n) is 6.59. The largest absolute Gasteiger partial charge is 0.444 e. The van der Waals surface area contributed by atoms with Crippen LogP contribution in [0.3, 0.4) is 0 Å². The second-order valence-corrected chi connectivity index (χ2v) is 6.59. The smallest absolute Gasteiger partial charge is 0.407 e. The van der Waals surface area contributed by atoms with Crippen LogP contribution in [-0.2, 0) is 21.0 Å². The van der Waals surface area contributed by atoms with Crippen molar-refractivity contribution in [3.8, 4) is 0 Å². The van der Waals surface area contributed by atoms with E-state index in [4.69, 9.17) is 9.47 Å². The van der Waals surface area contributed by atoms with Crippen molar-refractivity contribution in [1.82, 2.24) is 14.9 Å². The highest BCUT2D eigenvalue weighted by Crippen LogP contribution is 2.06. The van der Waals surface area contributed by atoms with E-state index in [0.717, 1.165) is 4.57 Å². The Kier molecular flexibility index (Phi) is 8.01. The number of carbonyl (C=O) groups excluding carboxylic acids is 2. The highest BCUT2D eigenvalue weighted by Gasteiger charge is 2.15. The molecule has 9 nitrogen and oxygen atoms in total. The normalized spacial score (nSPS) is 11.1. The zero-order chi connectivity index (χ0) is 19.7. The SMILES string of the molecule is CC(C)(C)OC(=O)NCCCCCC(=O)OCn1cc(F)c(=O)[nH]c1=O. The van der Waals surface area contributed by atoms with Gasteiger partial charge in [-0.2, -0.15) is 4.39 Å². The van der Waals surface area contributed by atoms with E-state index in [0.29, 0.717) is 32.0 Å². The molecule has 0 aliphatic rings. The molecule has 1 amide bonds. The molecule has 0 unspecified atom stereocenters. The number of unbranched alkanes of at least 4 members (excludes halogenated alkanes) is 2. The maximum absolute atomic E-state index is 13.1. The summed E-state index contributed by atoms with van der Waals surface area (Å²) in [5, 5.41) is 2.61. The minimum Gasteiger partial charge on any atom is -0.444 e. The first-order chi connectivity index (χ1) is 12.1. The number of alkyl carbamates (subject to hydrolysis) is 1. The van der Waals surface area contributed by atoms with E-state index in [1.54, 1.807) is 25.8 Å². The lowest BCUT2D eigenvalue weighted by atomic mass is 10.2. The minimum atomic E-state index is -1.14. The second kappa shape index (κ2) is 9.73. The molecule has 0 aromatic carbocycles. The Morgan fingerprint density at radius 2 is 1.92 bits per heavy atom. The molecular weight excluding hydrogens is 349 g/mol. The maximum Gasteiger partial charge on any atom is 0.407 e. The summed E-state index contributed by atoms with van der Waals surface area (Å²) in [5.41, 5.74) is -2.54. The van der Waals surface area contributed by atoms with Gasteiger partial charge in [0.05, 0.1) is 6.20 Å². The van der Waals surface area contributed by atoms with E-state index in [1.807, 2.05) is 0 Å². The van der Waals surface area contributed by atoms with Crippen molar-refractivity contribution in [2.75, 3.05) is 6.54 Å². The fraction of sp³-hybridized carbons (Fsp3) is 0.625. The molecule has 0 fully saturated rings. The van der Waals surface area contributed by atoms with E-state index in [1.165, 1.54) is 0 Å². The lowest BCUT2D eigenvalue weighted by Gasteiger charge is -2.19. The fourth-order valence-electron chi connectivity index (χ4n) is 1.87. The predicted octanol–water partition coefficient (Wildman–Crippen LogP) is 1.26. The first-order valence-electron chi connectivity index (χ1n) is 8.20. The van der Waals surface area contributed by atoms with Crippen LogP contribution in [0.15, 0.2) is 15.8 Å². The van der Waals surface area contributed by atoms with Crippen LogP contribution in [0.1, 0.15) is 46.5 Å². The van der Waals surface area contributed by atoms with Gasteiger partial charge in [-0.3, -0.25) is 19.1 Å². The van der Waals surface area contributed by atoms with Crippen molar-refractivity contribution in [3.63, 3.8) is 0 Å². The summed E-state index contributed by atoms with van der Waals surface area (Å²) in [5.74, 6) is -1.69. The van der Waals surface area contributed by atoms with Gasteiger partial charge < -0.3 is 14.8 Å². The van der Waals surface area contributed by atoms with Crippen LogP contribution in [0.4, 0.5) is 9.18 Å². The number of carbonyl (C=O) groups is 2. The molecule has 146 valence electrons. The lowest BCUT2D eigenvalue weighted by Crippen LogP contribution is -2.33. The standard InChI is InChI=1S/C16H24FN3O6/c1-16(2,3)26-15(24)18-8-6-4-5-7-12(21)25-10-20-9-11(17)13(22)19-14(20)23/h9H,4-8,10H2,1-3H3,(H,18,24)(H,19,22,23). The summed E-state index contributed by atoms with van der Waals surface area (Å²) >= 11 is 0. The van der Waals surface area contributed by atoms with Gasteiger partial charge in [0.15, 0.2) is 6.73 Å². The monoisotopic (exact) mass is 373 g/mol. The number of ether oxygens (including phenoxy) is 2. The average Bonchev–Trinajstić information content (AvgIpc) is 2.51. The Labute approximate surface area is 149 Å². The molecule has 0 bridgehead atoms. The number of hydrogen-bond donors (Lipinski definition) is 2. The minimum absolute atomic E-state index is 0.118. The summed E-state index contributed by atoms with van der Waals surface area (Å²) in [6, 6.07) is 0. The number of nitrogens with one attached hydrogen (secondary N) is 2. The Morgan fingerprint density at radius 1 is 1.23 bits per heavy atom. The van der Waals surface area contributed by atoms with Crippen molar-refractivity contribution in [1.29, 1.82) is 0 Å². The highest BCUT2D eigenvalue weighted by molar-refractivity contribution is 5.69. The van der Waals surface area contributed by atoms with E-state index in [9.17, 15) is 23.6 Å². The summed E-state index contributed by atoms with van der Waals surface area (Å²) in [6.07, 6.45) is 2.18. The van der Waals surface area contributed by atoms with Gasteiger partial charge in [0, 0.05) is 13.0 Å². The van der Waals surface area contributed by atoms with Crippen LogP contribution in [0, 0.1) is 5.82 Å². The van der Waals surface area contributed by atoms with Gasteiger partial charge in [-0.1, -0.05) is 6.42 Å². The zero-order valence-corrected chi connectivity index (χ0v) is 15.1. The lowest BCUT2D eigenvalue weighted by molar-refractivity contribution is -0.147. The predicted molar refractivity (Wildman–Crippen MR) is 90.1 cm³/mol. The molecule has 0 atom stereocenters. The molecule has 10 heteroatoms. The number of nitrogens with zero attached hydrogens (tertiary/aromatic N) is 1. The molecule has 1 heterocycles. The first-order valence-corrected chi connectivity index (χ1v) is 8.20. The molecule has 2 N–H and O–H groups in total. The molecule has 1 aromatic heterocycles. The van der Waals surface area contributed by atoms with Gasteiger partial charge in [-0.05, 0) is 33.6 Å². The van der Waals surface area contributed by atoms with E-state index in [-0.39, 0.29) is 6.42 Å². The average molecular weight is 373 g/mol. The molecule has 0 radical (unpaired) electrons. The van der Waals surface area contributed by atoms with Crippen LogP contribution in [-0.4, -0.2) is 33.8 Å². The zero-order valence-electron chi connectivity index (χ0n) is 15.1. The van der Waals surface area contributed by atoms with Crippen LogP contribution in [0.25, 0.3) is 0 Å². The van der Waals surface area contributed by atoms with Gasteiger partial charge in [0.25, 0.3) is 5.56 Å². The number of amides is 1. The van der Waals surface area contributed by atoms with Crippen LogP contribution in [0.5, 0.6) is 0 Å². The summed E-state index contributed by atoms with van der Waals surface area (Å²) < 4.78 is 23.7. The van der Waals surface area contributed by atoms with Gasteiger partial charge in [0.2, 0.25) is 5.82 Å². The summed E-state index contributed by atoms with van der Waals surface area (Å²) in [6.45, 7) is 5.26. The number of esters is 1. The Morgan fingerprint density at radius 3 is 2.58 bits per heavy atom. The molecule has 0 aliphatic carbocycles. The van der Waals surface area contributed by atoms with Gasteiger partial charge in [-0.25, -0.2) is 9.59 Å². The van der Waals surface area contributed by atoms with Gasteiger partial charge in [0.1, 0.15) is 5.60 Å². The first kappa shape index (κ1) is 21.4. The Bertz CT molecular complexity index is 735. The van der Waals surface area contributed by atoms with Crippen molar-refractivity contribution in [2.24, 2.45) is 0 Å². The third kappa shape index (κ3) is 8.45. The van der Waals surface area contributed by atoms with Crippen molar-refractivity contribution < 1.29 is 23.5 Å². The molecule has 0 spiro atoms. The maximum atomic E-state index is 13.1. The Balaban J connectivity index is 2.18. The molecule has 1 rings (SSSR count). The third-order valence-electron chi connectivity index (χ3n) is 3.06.